The van der Waals surface area contributed by atoms with Crippen molar-refractivity contribution in [2.24, 2.45) is 23.7 Å². The Hall–Kier alpha value is -0.700. The molecule has 4 fully saturated rings. The predicted molar refractivity (Wildman–Crippen MR) is 173 cm³/mol. The molecule has 4 aliphatic carbocycles. The standard InChI is InChI=1S/C36H54P2/c1-34(2,3)37(33-30-18-25-17-26(20-30)21-31(33)19-25)23-29-16-15-28(27-13-11-10-12-14-27)22-32(29)24-38(35(4,5)6)36(7,8)9/h10-16,22,25-26,30-31,33H,17-21,23-24H2,1-9H3. The molecule has 0 amide bonds. The monoisotopic (exact) mass is 548 g/mol. The molecule has 0 aromatic heterocycles. The second kappa shape index (κ2) is 10.6. The fourth-order valence-electron chi connectivity index (χ4n) is 8.77. The predicted octanol–water partition coefficient (Wildman–Crippen LogP) is 11.5. The van der Waals surface area contributed by atoms with Crippen molar-refractivity contribution in [1.29, 1.82) is 0 Å². The molecule has 0 saturated heterocycles. The summed E-state index contributed by atoms with van der Waals surface area (Å²) in [6.45, 7) is 22.7. The Morgan fingerprint density at radius 3 is 1.63 bits per heavy atom. The lowest BCUT2D eigenvalue weighted by atomic mass is 9.56. The van der Waals surface area contributed by atoms with Crippen LogP contribution in [0.5, 0.6) is 0 Å². The third-order valence-electron chi connectivity index (χ3n) is 10.0. The third kappa shape index (κ3) is 6.13. The summed E-state index contributed by atoms with van der Waals surface area (Å²) in [6, 6.07) is 18.7. The zero-order valence-electron chi connectivity index (χ0n) is 25.8. The maximum atomic E-state index is 2.60. The van der Waals surface area contributed by atoms with Gasteiger partial charge < -0.3 is 0 Å². The largest absolute Gasteiger partial charge is 0.0929 e. The van der Waals surface area contributed by atoms with E-state index in [2.05, 4.69) is 111 Å². The summed E-state index contributed by atoms with van der Waals surface area (Å²) in [5.41, 5.74) is 7.08. The molecule has 2 heteroatoms. The Balaban J connectivity index is 1.53. The molecule has 1 atom stereocenters. The first-order chi connectivity index (χ1) is 17.7. The molecule has 4 saturated carbocycles. The molecule has 0 aliphatic heterocycles. The van der Waals surface area contributed by atoms with E-state index < -0.39 is 0 Å². The van der Waals surface area contributed by atoms with Gasteiger partial charge in [-0.25, -0.2) is 0 Å². The van der Waals surface area contributed by atoms with Gasteiger partial charge >= 0.3 is 0 Å². The summed E-state index contributed by atoms with van der Waals surface area (Å²) in [7, 11) is -0.269. The van der Waals surface area contributed by atoms with Crippen molar-refractivity contribution >= 4 is 15.8 Å². The Kier molecular flexibility index (Phi) is 8.04. The van der Waals surface area contributed by atoms with Gasteiger partial charge in [-0.2, -0.15) is 0 Å². The van der Waals surface area contributed by atoms with E-state index in [0.717, 1.165) is 29.3 Å². The highest BCUT2D eigenvalue weighted by Crippen LogP contribution is 2.69. The van der Waals surface area contributed by atoms with Crippen LogP contribution in [0.3, 0.4) is 0 Å². The number of hydrogen-bond acceptors (Lipinski definition) is 0. The summed E-state index contributed by atoms with van der Waals surface area (Å²) < 4.78 is 0. The van der Waals surface area contributed by atoms with Crippen LogP contribution in [0.25, 0.3) is 11.1 Å². The van der Waals surface area contributed by atoms with Gasteiger partial charge in [-0.15, -0.1) is 0 Å². The Morgan fingerprint density at radius 1 is 0.579 bits per heavy atom. The normalized spacial score (nSPS) is 28.2. The van der Waals surface area contributed by atoms with Gasteiger partial charge in [0.05, 0.1) is 0 Å². The van der Waals surface area contributed by atoms with Crippen LogP contribution < -0.4 is 0 Å². The Labute approximate surface area is 237 Å². The molecule has 0 spiro atoms. The highest BCUT2D eigenvalue weighted by molar-refractivity contribution is 7.60. The van der Waals surface area contributed by atoms with Crippen molar-refractivity contribution in [2.45, 2.75) is 128 Å². The molecule has 6 rings (SSSR count). The lowest BCUT2D eigenvalue weighted by Crippen LogP contribution is -2.49. The number of rotatable bonds is 6. The SMILES string of the molecule is CC(C)(C)P(Cc1ccc(-c2ccccc2)cc1CP(C(C)(C)C)C(C)(C)C)C1C2CC3CC(C2)CC1C3. The fraction of sp³-hybridized carbons (Fsp3) is 0.667. The smallest absolute Gasteiger partial charge is 0.00606 e. The molecule has 4 bridgehead atoms. The number of hydrogen-bond donors (Lipinski definition) is 0. The summed E-state index contributed by atoms with van der Waals surface area (Å²) in [4.78, 5) is 0. The second-order valence-electron chi connectivity index (χ2n) is 16.0. The van der Waals surface area contributed by atoms with Crippen molar-refractivity contribution in [3.05, 3.63) is 59.7 Å². The number of benzene rings is 2. The summed E-state index contributed by atoms with van der Waals surface area (Å²) in [5, 5.41) is 1.08. The van der Waals surface area contributed by atoms with Gasteiger partial charge in [-0.3, -0.25) is 0 Å². The molecule has 2 aromatic carbocycles. The maximum Gasteiger partial charge on any atom is -0.00606 e. The Morgan fingerprint density at radius 2 is 1.13 bits per heavy atom. The minimum absolute atomic E-state index is 0.0820. The van der Waals surface area contributed by atoms with Crippen LogP contribution in [0, 0.1) is 23.7 Å². The molecular formula is C36H54P2. The second-order valence-corrected chi connectivity index (χ2v) is 23.0. The van der Waals surface area contributed by atoms with Crippen molar-refractivity contribution in [1.82, 2.24) is 0 Å². The van der Waals surface area contributed by atoms with Crippen molar-refractivity contribution in [3.8, 4) is 11.1 Å². The van der Waals surface area contributed by atoms with E-state index in [1.807, 2.05) is 0 Å². The van der Waals surface area contributed by atoms with Crippen LogP contribution in [0.15, 0.2) is 48.5 Å². The van der Waals surface area contributed by atoms with E-state index in [1.165, 1.54) is 23.5 Å². The van der Waals surface area contributed by atoms with Gasteiger partial charge in [-0.1, -0.05) is 127 Å². The average Bonchev–Trinajstić information content (AvgIpc) is 2.80. The van der Waals surface area contributed by atoms with E-state index >= 15 is 0 Å². The van der Waals surface area contributed by atoms with Crippen LogP contribution in [-0.4, -0.2) is 21.1 Å². The zero-order chi connectivity index (χ0) is 27.5. The third-order valence-corrected chi connectivity index (χ3v) is 17.9. The van der Waals surface area contributed by atoms with Gasteiger partial charge in [0.25, 0.3) is 0 Å². The molecule has 38 heavy (non-hydrogen) atoms. The summed E-state index contributed by atoms with van der Waals surface area (Å²) in [5.74, 6) is 4.16. The van der Waals surface area contributed by atoms with Crippen LogP contribution in [0.1, 0.15) is 106 Å². The summed E-state index contributed by atoms with van der Waals surface area (Å²) >= 11 is 0. The highest BCUT2D eigenvalue weighted by atomic mass is 31.1. The molecular weight excluding hydrogens is 494 g/mol. The van der Waals surface area contributed by atoms with Crippen molar-refractivity contribution < 1.29 is 0 Å². The van der Waals surface area contributed by atoms with Crippen LogP contribution in [-0.2, 0) is 12.3 Å². The topological polar surface area (TPSA) is 0 Å². The molecule has 0 radical (unpaired) electrons. The van der Waals surface area contributed by atoms with Gasteiger partial charge in [0.15, 0.2) is 0 Å². The van der Waals surface area contributed by atoms with Crippen LogP contribution >= 0.6 is 15.8 Å². The lowest BCUT2D eigenvalue weighted by molar-refractivity contribution is 0.0242. The fourth-order valence-corrected chi connectivity index (χ4v) is 16.1. The van der Waals surface area contributed by atoms with Gasteiger partial charge in [0, 0.05) is 0 Å². The molecule has 0 N–H and O–H groups in total. The molecule has 2 aromatic rings. The molecule has 4 aliphatic rings. The van der Waals surface area contributed by atoms with Crippen LogP contribution in [0.2, 0.25) is 0 Å². The molecule has 0 nitrogen and oxygen atoms in total. The summed E-state index contributed by atoms with van der Waals surface area (Å²) in [6.07, 6.45) is 10.3. The van der Waals surface area contributed by atoms with E-state index in [4.69, 9.17) is 0 Å². The molecule has 0 heterocycles. The van der Waals surface area contributed by atoms with Gasteiger partial charge in [-0.05, 0) is 111 Å². The molecule has 208 valence electrons. The van der Waals surface area contributed by atoms with Crippen molar-refractivity contribution in [2.75, 3.05) is 0 Å². The van der Waals surface area contributed by atoms with E-state index in [-0.39, 0.29) is 15.8 Å². The zero-order valence-corrected chi connectivity index (χ0v) is 27.6. The minimum atomic E-state index is -0.187. The molecule has 1 unspecified atom stereocenters. The van der Waals surface area contributed by atoms with E-state index in [1.54, 1.807) is 43.2 Å². The van der Waals surface area contributed by atoms with E-state index in [9.17, 15) is 0 Å². The maximum absolute atomic E-state index is 2.60. The highest BCUT2D eigenvalue weighted by Gasteiger charge is 2.52. The average molecular weight is 549 g/mol. The Bertz CT molecular complexity index is 1050. The van der Waals surface area contributed by atoms with Gasteiger partial charge in [0.2, 0.25) is 0 Å². The lowest BCUT2D eigenvalue weighted by Gasteiger charge is -2.58. The van der Waals surface area contributed by atoms with E-state index in [0.29, 0.717) is 15.5 Å². The first kappa shape index (κ1) is 28.8. The van der Waals surface area contributed by atoms with Crippen molar-refractivity contribution in [3.63, 3.8) is 0 Å². The van der Waals surface area contributed by atoms with Crippen LogP contribution in [0.4, 0.5) is 0 Å². The quantitative estimate of drug-likeness (QED) is 0.315. The first-order valence-corrected chi connectivity index (χ1v) is 18.5. The van der Waals surface area contributed by atoms with Gasteiger partial charge in [0.1, 0.15) is 0 Å². The first-order valence-electron chi connectivity index (χ1n) is 15.4. The minimum Gasteiger partial charge on any atom is -0.0929 e.